The molecule has 3 rings (SSSR count). The Balaban J connectivity index is 1.63. The Morgan fingerprint density at radius 1 is 1.35 bits per heavy atom. The highest BCUT2D eigenvalue weighted by Crippen LogP contribution is 2.27. The van der Waals surface area contributed by atoms with Gasteiger partial charge in [0.05, 0.1) is 12.1 Å². The molecular weight excluding hydrogens is 360 g/mol. The summed E-state index contributed by atoms with van der Waals surface area (Å²) < 4.78 is 6.32. The Bertz CT molecular complexity index is 692. The summed E-state index contributed by atoms with van der Waals surface area (Å²) in [6.45, 7) is 7.36. The van der Waals surface area contributed by atoms with Gasteiger partial charge >= 0.3 is 6.09 Å². The second-order valence-corrected chi connectivity index (χ2v) is 7.10. The number of nitrogens with one attached hydrogen (secondary N) is 1. The number of carbonyl (C=O) groups excluding carboxylic acids is 1. The van der Waals surface area contributed by atoms with E-state index in [4.69, 9.17) is 4.74 Å². The van der Waals surface area contributed by atoms with E-state index in [1.165, 1.54) is 0 Å². The molecule has 1 aromatic carbocycles. The van der Waals surface area contributed by atoms with Crippen LogP contribution in [0.3, 0.4) is 0 Å². The molecule has 7 heteroatoms. The van der Waals surface area contributed by atoms with Gasteiger partial charge in [0.2, 0.25) is 0 Å². The zero-order valence-electron chi connectivity index (χ0n) is 13.4. The monoisotopic (exact) mass is 380 g/mol. The van der Waals surface area contributed by atoms with Crippen LogP contribution in [0.15, 0.2) is 22.7 Å². The number of carbonyl (C=O) groups is 1. The Morgan fingerprint density at radius 3 is 2.78 bits per heavy atom. The van der Waals surface area contributed by atoms with E-state index in [0.29, 0.717) is 25.6 Å². The molecule has 0 spiro atoms. The van der Waals surface area contributed by atoms with Crippen LogP contribution in [0.5, 0.6) is 0 Å². The zero-order valence-corrected chi connectivity index (χ0v) is 15.0. The number of aromatic amines is 1. The van der Waals surface area contributed by atoms with E-state index in [1.807, 2.05) is 26.0 Å². The number of aromatic nitrogens is 2. The van der Waals surface area contributed by atoms with Crippen LogP contribution in [0.2, 0.25) is 0 Å². The standard InChI is InChI=1S/C16H21BrN4O2/c1-11(2)10-23-16(22)21-7-5-20(6-8-21)15-13-4-3-12(17)9-14(13)18-19-15/h3-4,9,11H,5-8,10H2,1-2H3,(H,18,19). The molecule has 0 unspecified atom stereocenters. The Morgan fingerprint density at radius 2 is 2.09 bits per heavy atom. The van der Waals surface area contributed by atoms with Gasteiger partial charge < -0.3 is 14.5 Å². The summed E-state index contributed by atoms with van der Waals surface area (Å²) in [7, 11) is 0. The number of nitrogens with zero attached hydrogens (tertiary/aromatic N) is 3. The molecular formula is C16H21BrN4O2. The van der Waals surface area contributed by atoms with E-state index >= 15 is 0 Å². The molecule has 1 aliphatic rings. The largest absolute Gasteiger partial charge is 0.449 e. The Kier molecular flexibility index (Phi) is 4.75. The van der Waals surface area contributed by atoms with E-state index in [1.54, 1.807) is 4.90 Å². The number of piperazine rings is 1. The molecule has 1 fully saturated rings. The van der Waals surface area contributed by atoms with Crippen molar-refractivity contribution in [1.82, 2.24) is 15.1 Å². The number of anilines is 1. The molecule has 1 N–H and O–H groups in total. The fourth-order valence-corrected chi connectivity index (χ4v) is 3.01. The molecule has 0 atom stereocenters. The Labute approximate surface area is 143 Å². The summed E-state index contributed by atoms with van der Waals surface area (Å²) in [4.78, 5) is 16.0. The normalized spacial score (nSPS) is 15.5. The van der Waals surface area contributed by atoms with Crippen LogP contribution in [0, 0.1) is 5.92 Å². The first-order valence-corrected chi connectivity index (χ1v) is 8.64. The average molecular weight is 381 g/mol. The Hall–Kier alpha value is -1.76. The number of amides is 1. The number of halogens is 1. The number of hydrogen-bond donors (Lipinski definition) is 1. The number of hydrogen-bond acceptors (Lipinski definition) is 4. The minimum Gasteiger partial charge on any atom is -0.449 e. The first kappa shape index (κ1) is 16.1. The van der Waals surface area contributed by atoms with Gasteiger partial charge in [0, 0.05) is 36.0 Å². The second-order valence-electron chi connectivity index (χ2n) is 6.18. The maximum absolute atomic E-state index is 12.0. The fraction of sp³-hybridized carbons (Fsp3) is 0.500. The van der Waals surface area contributed by atoms with Crippen molar-refractivity contribution < 1.29 is 9.53 Å². The van der Waals surface area contributed by atoms with E-state index in [9.17, 15) is 4.79 Å². The third kappa shape index (κ3) is 3.60. The predicted octanol–water partition coefficient (Wildman–Crippen LogP) is 3.24. The summed E-state index contributed by atoms with van der Waals surface area (Å²) in [5.41, 5.74) is 1.01. The number of rotatable bonds is 3. The molecule has 0 aliphatic carbocycles. The predicted molar refractivity (Wildman–Crippen MR) is 93.8 cm³/mol. The van der Waals surface area contributed by atoms with Crippen molar-refractivity contribution >= 4 is 38.7 Å². The molecule has 1 aromatic heterocycles. The molecule has 2 aromatic rings. The highest BCUT2D eigenvalue weighted by Gasteiger charge is 2.24. The van der Waals surface area contributed by atoms with Gasteiger partial charge in [-0.25, -0.2) is 4.79 Å². The van der Waals surface area contributed by atoms with Gasteiger partial charge in [-0.05, 0) is 24.1 Å². The van der Waals surface area contributed by atoms with Gasteiger partial charge in [0.25, 0.3) is 0 Å². The third-order valence-corrected chi connectivity index (χ3v) is 4.38. The van der Waals surface area contributed by atoms with Gasteiger partial charge in [-0.1, -0.05) is 29.8 Å². The molecule has 0 radical (unpaired) electrons. The lowest BCUT2D eigenvalue weighted by Crippen LogP contribution is -2.49. The number of fused-ring (bicyclic) bond motifs is 1. The molecule has 6 nitrogen and oxygen atoms in total. The van der Waals surface area contributed by atoms with E-state index < -0.39 is 0 Å². The van der Waals surface area contributed by atoms with Crippen molar-refractivity contribution in [3.05, 3.63) is 22.7 Å². The van der Waals surface area contributed by atoms with Crippen molar-refractivity contribution in [2.45, 2.75) is 13.8 Å². The van der Waals surface area contributed by atoms with Crippen molar-refractivity contribution in [2.24, 2.45) is 5.92 Å². The summed E-state index contributed by atoms with van der Waals surface area (Å²) >= 11 is 3.47. The molecule has 1 saturated heterocycles. The maximum Gasteiger partial charge on any atom is 0.409 e. The molecule has 23 heavy (non-hydrogen) atoms. The van der Waals surface area contributed by atoms with Gasteiger partial charge in [-0.15, -0.1) is 0 Å². The van der Waals surface area contributed by atoms with Crippen molar-refractivity contribution in [3.63, 3.8) is 0 Å². The van der Waals surface area contributed by atoms with Crippen LogP contribution >= 0.6 is 15.9 Å². The van der Waals surface area contributed by atoms with E-state index in [0.717, 1.165) is 34.3 Å². The minimum absolute atomic E-state index is 0.214. The number of benzene rings is 1. The van der Waals surface area contributed by atoms with Crippen LogP contribution in [-0.2, 0) is 4.74 Å². The third-order valence-electron chi connectivity index (χ3n) is 3.88. The first-order chi connectivity index (χ1) is 11.0. The molecule has 0 saturated carbocycles. The molecule has 1 aliphatic heterocycles. The topological polar surface area (TPSA) is 61.5 Å². The smallest absolute Gasteiger partial charge is 0.409 e. The van der Waals surface area contributed by atoms with Gasteiger partial charge in [0.1, 0.15) is 0 Å². The number of ether oxygens (including phenoxy) is 1. The lowest BCUT2D eigenvalue weighted by atomic mass is 10.2. The van der Waals surface area contributed by atoms with Crippen LogP contribution < -0.4 is 4.90 Å². The van der Waals surface area contributed by atoms with Crippen LogP contribution in [0.4, 0.5) is 10.6 Å². The van der Waals surface area contributed by atoms with Crippen molar-refractivity contribution in [1.29, 1.82) is 0 Å². The minimum atomic E-state index is -0.214. The summed E-state index contributed by atoms with van der Waals surface area (Å²) in [5, 5.41) is 8.60. The van der Waals surface area contributed by atoms with Crippen molar-refractivity contribution in [3.8, 4) is 0 Å². The zero-order chi connectivity index (χ0) is 16.4. The lowest BCUT2D eigenvalue weighted by molar-refractivity contribution is 0.0901. The molecule has 124 valence electrons. The van der Waals surface area contributed by atoms with E-state index in [2.05, 4.69) is 37.1 Å². The highest BCUT2D eigenvalue weighted by molar-refractivity contribution is 9.10. The average Bonchev–Trinajstić information content (AvgIpc) is 2.95. The maximum atomic E-state index is 12.0. The molecule has 1 amide bonds. The summed E-state index contributed by atoms with van der Waals surface area (Å²) in [5.74, 6) is 1.30. The molecule has 0 bridgehead atoms. The van der Waals surface area contributed by atoms with Gasteiger partial charge in [-0.2, -0.15) is 5.10 Å². The number of H-pyrrole nitrogens is 1. The quantitative estimate of drug-likeness (QED) is 0.887. The fourth-order valence-electron chi connectivity index (χ4n) is 2.65. The summed E-state index contributed by atoms with van der Waals surface area (Å²) in [6.07, 6.45) is -0.214. The van der Waals surface area contributed by atoms with Gasteiger partial charge in [0.15, 0.2) is 5.82 Å². The first-order valence-electron chi connectivity index (χ1n) is 7.85. The van der Waals surface area contributed by atoms with Crippen molar-refractivity contribution in [2.75, 3.05) is 37.7 Å². The SMILES string of the molecule is CC(C)COC(=O)N1CCN(c2n[nH]c3cc(Br)ccc23)CC1. The second kappa shape index (κ2) is 6.78. The van der Waals surface area contributed by atoms with Crippen LogP contribution in [0.1, 0.15) is 13.8 Å². The van der Waals surface area contributed by atoms with E-state index in [-0.39, 0.29) is 6.09 Å². The van der Waals surface area contributed by atoms with Crippen LogP contribution in [-0.4, -0.2) is 54.0 Å². The highest BCUT2D eigenvalue weighted by atomic mass is 79.9. The van der Waals surface area contributed by atoms with Crippen LogP contribution in [0.25, 0.3) is 10.9 Å². The van der Waals surface area contributed by atoms with Gasteiger partial charge in [-0.3, -0.25) is 5.10 Å². The summed E-state index contributed by atoms with van der Waals surface area (Å²) in [6, 6.07) is 6.09. The molecule has 2 heterocycles. The lowest BCUT2D eigenvalue weighted by Gasteiger charge is -2.34.